The summed E-state index contributed by atoms with van der Waals surface area (Å²) in [6.45, 7) is 4.06. The van der Waals surface area contributed by atoms with E-state index in [1.807, 2.05) is 31.2 Å². The largest absolute Gasteiger partial charge is 0.504 e. The Kier molecular flexibility index (Phi) is 6.82. The molecule has 0 fully saturated rings. The molecule has 0 bridgehead atoms. The molecule has 0 heterocycles. The van der Waals surface area contributed by atoms with Crippen LogP contribution in [0.2, 0.25) is 0 Å². The quantitative estimate of drug-likeness (QED) is 0.486. The molecule has 0 saturated heterocycles. The topological polar surface area (TPSA) is 83.0 Å². The number of carbonyl (C=O) groups excluding carboxylic acids is 1. The number of aromatic hydroxyl groups is 1. The highest BCUT2D eigenvalue weighted by atomic mass is 79.9. The van der Waals surface area contributed by atoms with E-state index in [0.717, 1.165) is 10.2 Å². The van der Waals surface area contributed by atoms with Crippen LogP contribution in [0.15, 0.2) is 52.0 Å². The third-order valence-electron chi connectivity index (χ3n) is 3.29. The highest BCUT2D eigenvalue weighted by Gasteiger charge is 2.11. The number of rotatable bonds is 7. The summed E-state index contributed by atoms with van der Waals surface area (Å²) in [5.74, 6) is 0.174. The Morgan fingerprint density at radius 1 is 1.32 bits per heavy atom. The Labute approximate surface area is 155 Å². The standard InChI is InChI=1S/C18H20BrN3O3/c1-3-25-17-9-4-13(10-16(17)23)11-20-22-18(24)12(2)21-15-7-5-14(19)6-8-15/h4-12,21,23H,3H2,1-2H3,(H,22,24)/b20-11+. The molecule has 1 unspecified atom stereocenters. The number of hydrazone groups is 1. The molecule has 0 radical (unpaired) electrons. The molecule has 0 aromatic heterocycles. The molecule has 2 rings (SSSR count). The van der Waals surface area contributed by atoms with E-state index >= 15 is 0 Å². The van der Waals surface area contributed by atoms with Crippen molar-refractivity contribution >= 4 is 33.7 Å². The third kappa shape index (κ3) is 5.79. The van der Waals surface area contributed by atoms with Gasteiger partial charge in [-0.15, -0.1) is 0 Å². The van der Waals surface area contributed by atoms with Crippen molar-refractivity contribution in [3.63, 3.8) is 0 Å². The van der Waals surface area contributed by atoms with E-state index in [1.165, 1.54) is 12.3 Å². The number of ether oxygens (including phenoxy) is 1. The van der Waals surface area contributed by atoms with Crippen molar-refractivity contribution in [1.82, 2.24) is 5.43 Å². The number of phenols is 1. The molecule has 2 aromatic rings. The molecule has 6 nitrogen and oxygen atoms in total. The number of phenolic OH excluding ortho intramolecular Hbond substituents is 1. The van der Waals surface area contributed by atoms with Crippen molar-refractivity contribution in [1.29, 1.82) is 0 Å². The van der Waals surface area contributed by atoms with Crippen LogP contribution in [0.25, 0.3) is 0 Å². The zero-order chi connectivity index (χ0) is 18.2. The van der Waals surface area contributed by atoms with E-state index in [9.17, 15) is 9.90 Å². The molecular weight excluding hydrogens is 386 g/mol. The van der Waals surface area contributed by atoms with Crippen LogP contribution in [-0.4, -0.2) is 29.9 Å². The van der Waals surface area contributed by atoms with E-state index in [-0.39, 0.29) is 11.7 Å². The van der Waals surface area contributed by atoms with Crippen molar-refractivity contribution in [2.24, 2.45) is 5.10 Å². The van der Waals surface area contributed by atoms with Gasteiger partial charge in [0.15, 0.2) is 11.5 Å². The van der Waals surface area contributed by atoms with Crippen molar-refractivity contribution in [2.75, 3.05) is 11.9 Å². The van der Waals surface area contributed by atoms with E-state index in [0.29, 0.717) is 17.9 Å². The van der Waals surface area contributed by atoms with Crippen LogP contribution < -0.4 is 15.5 Å². The van der Waals surface area contributed by atoms with Gasteiger partial charge in [-0.25, -0.2) is 5.43 Å². The Balaban J connectivity index is 1.89. The Hall–Kier alpha value is -2.54. The van der Waals surface area contributed by atoms with Gasteiger partial charge in [-0.1, -0.05) is 15.9 Å². The summed E-state index contributed by atoms with van der Waals surface area (Å²) in [6.07, 6.45) is 1.46. The highest BCUT2D eigenvalue weighted by Crippen LogP contribution is 2.26. The Bertz CT molecular complexity index is 748. The van der Waals surface area contributed by atoms with Gasteiger partial charge >= 0.3 is 0 Å². The van der Waals surface area contributed by atoms with E-state index in [1.54, 1.807) is 19.1 Å². The number of halogens is 1. The first kappa shape index (κ1) is 18.8. The molecule has 2 aromatic carbocycles. The van der Waals surface area contributed by atoms with Crippen LogP contribution in [0, 0.1) is 0 Å². The van der Waals surface area contributed by atoms with Gasteiger partial charge in [-0.05, 0) is 61.9 Å². The summed E-state index contributed by atoms with van der Waals surface area (Å²) in [5, 5.41) is 16.8. The van der Waals surface area contributed by atoms with E-state index in [4.69, 9.17) is 4.74 Å². The second-order valence-corrected chi connectivity index (χ2v) is 6.18. The number of hydrogen-bond donors (Lipinski definition) is 3. The fourth-order valence-corrected chi connectivity index (χ4v) is 2.29. The summed E-state index contributed by atoms with van der Waals surface area (Å²) in [4.78, 5) is 12.0. The number of amides is 1. The normalized spacial score (nSPS) is 12.0. The zero-order valence-corrected chi connectivity index (χ0v) is 15.6. The van der Waals surface area contributed by atoms with Crippen molar-refractivity contribution in [3.8, 4) is 11.5 Å². The maximum absolute atomic E-state index is 12.0. The number of anilines is 1. The van der Waals surface area contributed by atoms with Crippen molar-refractivity contribution in [2.45, 2.75) is 19.9 Å². The molecule has 0 aliphatic rings. The number of nitrogens with zero attached hydrogens (tertiary/aromatic N) is 1. The lowest BCUT2D eigenvalue weighted by atomic mass is 10.2. The van der Waals surface area contributed by atoms with Gasteiger partial charge in [0.1, 0.15) is 6.04 Å². The lowest BCUT2D eigenvalue weighted by Gasteiger charge is -2.13. The number of nitrogens with one attached hydrogen (secondary N) is 2. The first-order chi connectivity index (χ1) is 12.0. The summed E-state index contributed by atoms with van der Waals surface area (Å²) < 4.78 is 6.22. The predicted octanol–water partition coefficient (Wildman–Crippen LogP) is 3.50. The molecule has 1 amide bonds. The minimum absolute atomic E-state index is 0.0300. The zero-order valence-electron chi connectivity index (χ0n) is 14.0. The van der Waals surface area contributed by atoms with Gasteiger partial charge in [0, 0.05) is 10.2 Å². The smallest absolute Gasteiger partial charge is 0.262 e. The average Bonchev–Trinajstić information content (AvgIpc) is 2.59. The molecule has 3 N–H and O–H groups in total. The predicted molar refractivity (Wildman–Crippen MR) is 102 cm³/mol. The lowest BCUT2D eigenvalue weighted by molar-refractivity contribution is -0.121. The fourth-order valence-electron chi connectivity index (χ4n) is 2.02. The molecular formula is C18H20BrN3O3. The summed E-state index contributed by atoms with van der Waals surface area (Å²) in [7, 11) is 0. The third-order valence-corrected chi connectivity index (χ3v) is 3.82. The second-order valence-electron chi connectivity index (χ2n) is 5.27. The van der Waals surface area contributed by atoms with Gasteiger partial charge in [0.05, 0.1) is 12.8 Å². The molecule has 0 saturated carbocycles. The number of benzene rings is 2. The number of hydrogen-bond acceptors (Lipinski definition) is 5. The molecule has 25 heavy (non-hydrogen) atoms. The number of carbonyl (C=O) groups is 1. The van der Waals surface area contributed by atoms with Gasteiger partial charge in [-0.2, -0.15) is 5.10 Å². The molecule has 0 aliphatic heterocycles. The molecule has 7 heteroatoms. The monoisotopic (exact) mass is 405 g/mol. The second kappa shape index (κ2) is 9.08. The van der Waals surface area contributed by atoms with Crippen LogP contribution in [0.3, 0.4) is 0 Å². The fraction of sp³-hybridized carbons (Fsp3) is 0.222. The van der Waals surface area contributed by atoms with Crippen LogP contribution in [0.5, 0.6) is 11.5 Å². The SMILES string of the molecule is CCOc1ccc(/C=N/NC(=O)C(C)Nc2ccc(Br)cc2)cc1O. The summed E-state index contributed by atoms with van der Waals surface area (Å²) in [5.41, 5.74) is 3.95. The maximum atomic E-state index is 12.0. The Morgan fingerprint density at radius 3 is 2.68 bits per heavy atom. The van der Waals surface area contributed by atoms with Crippen LogP contribution in [0.4, 0.5) is 5.69 Å². The van der Waals surface area contributed by atoms with Gasteiger partial charge in [0.2, 0.25) is 0 Å². The van der Waals surface area contributed by atoms with Crippen LogP contribution >= 0.6 is 15.9 Å². The van der Waals surface area contributed by atoms with Gasteiger partial charge < -0.3 is 15.2 Å². The van der Waals surface area contributed by atoms with Gasteiger partial charge in [0.25, 0.3) is 5.91 Å². The summed E-state index contributed by atoms with van der Waals surface area (Å²) >= 11 is 3.36. The maximum Gasteiger partial charge on any atom is 0.262 e. The molecule has 132 valence electrons. The van der Waals surface area contributed by atoms with Gasteiger partial charge in [-0.3, -0.25) is 4.79 Å². The summed E-state index contributed by atoms with van der Waals surface area (Å²) in [6, 6.07) is 12.0. The first-order valence-corrected chi connectivity index (χ1v) is 8.59. The Morgan fingerprint density at radius 2 is 2.04 bits per heavy atom. The first-order valence-electron chi connectivity index (χ1n) is 7.80. The minimum atomic E-state index is -0.452. The van der Waals surface area contributed by atoms with E-state index in [2.05, 4.69) is 31.8 Å². The molecule has 0 aliphatic carbocycles. The van der Waals surface area contributed by atoms with E-state index < -0.39 is 6.04 Å². The van der Waals surface area contributed by atoms with Crippen molar-refractivity contribution < 1.29 is 14.6 Å². The highest BCUT2D eigenvalue weighted by molar-refractivity contribution is 9.10. The lowest BCUT2D eigenvalue weighted by Crippen LogP contribution is -2.34. The average molecular weight is 406 g/mol. The molecule has 0 spiro atoms. The van der Waals surface area contributed by atoms with Crippen LogP contribution in [-0.2, 0) is 4.79 Å². The van der Waals surface area contributed by atoms with Crippen LogP contribution in [0.1, 0.15) is 19.4 Å². The minimum Gasteiger partial charge on any atom is -0.504 e. The molecule has 1 atom stereocenters. The van der Waals surface area contributed by atoms with Crippen molar-refractivity contribution in [3.05, 3.63) is 52.5 Å².